The Morgan fingerprint density at radius 3 is 2.03 bits per heavy atom. The van der Waals surface area contributed by atoms with Crippen molar-refractivity contribution in [1.82, 2.24) is 9.80 Å². The molecule has 2 heterocycles. The number of hydrogen-bond acceptors (Lipinski definition) is 5. The number of carboxylic acid groups (broad SMARTS) is 2. The van der Waals surface area contributed by atoms with Crippen molar-refractivity contribution in [2.45, 2.75) is 39.5 Å². The first kappa shape index (κ1) is 24.7. The molecule has 1 amide bonds. The standard InChI is InChI=1S/C21H32N2O2.C2H2O4/c1-17-14-18(2)16-22(15-17)10-5-13-25-20-8-6-19(7-9-20)21(24)23-11-3-4-12-23;3-1(4)2(5)6/h6-9,17-18H,3-5,10-16H2,1-2H3;(H,3,4)(H,5,6)/t17-,18-;/m0./s1. The van der Waals surface area contributed by atoms with Crippen molar-refractivity contribution in [3.05, 3.63) is 29.8 Å². The van der Waals surface area contributed by atoms with E-state index in [1.807, 2.05) is 29.2 Å². The smallest absolute Gasteiger partial charge is 0.414 e. The number of nitrogens with zero attached hydrogens (tertiary/aromatic N) is 2. The van der Waals surface area contributed by atoms with Gasteiger partial charge in [-0.3, -0.25) is 4.79 Å². The molecule has 2 aliphatic heterocycles. The van der Waals surface area contributed by atoms with Gasteiger partial charge >= 0.3 is 11.9 Å². The number of carbonyl (C=O) groups is 3. The Morgan fingerprint density at radius 2 is 1.52 bits per heavy atom. The summed E-state index contributed by atoms with van der Waals surface area (Å²) in [5.74, 6) is -1.02. The van der Waals surface area contributed by atoms with Gasteiger partial charge in [-0.2, -0.15) is 0 Å². The van der Waals surface area contributed by atoms with Crippen molar-refractivity contribution in [2.75, 3.05) is 39.3 Å². The molecule has 2 N–H and O–H groups in total. The predicted octanol–water partition coefficient (Wildman–Crippen LogP) is 2.83. The SMILES string of the molecule is C[C@H]1C[C@H](C)CN(CCCOc2ccc(C(=O)N3CCCC3)cc2)C1.O=C(O)C(=O)O. The summed E-state index contributed by atoms with van der Waals surface area (Å²) in [4.78, 5) is 35.0. The van der Waals surface area contributed by atoms with Crippen molar-refractivity contribution in [3.63, 3.8) is 0 Å². The molecule has 8 heteroatoms. The highest BCUT2D eigenvalue weighted by Gasteiger charge is 2.21. The van der Waals surface area contributed by atoms with Gasteiger partial charge in [-0.1, -0.05) is 13.8 Å². The Kier molecular flexibility index (Phi) is 9.78. The van der Waals surface area contributed by atoms with Gasteiger partial charge in [-0.25, -0.2) is 9.59 Å². The predicted molar refractivity (Wildman–Crippen MR) is 116 cm³/mol. The third-order valence-electron chi connectivity index (χ3n) is 5.51. The highest BCUT2D eigenvalue weighted by Crippen LogP contribution is 2.21. The highest BCUT2D eigenvalue weighted by molar-refractivity contribution is 6.27. The monoisotopic (exact) mass is 434 g/mol. The first-order chi connectivity index (χ1) is 14.8. The molecule has 2 fully saturated rings. The summed E-state index contributed by atoms with van der Waals surface area (Å²) in [6.07, 6.45) is 4.66. The van der Waals surface area contributed by atoms with Gasteiger partial charge in [0, 0.05) is 38.3 Å². The van der Waals surface area contributed by atoms with Gasteiger partial charge in [0.25, 0.3) is 5.91 Å². The lowest BCUT2D eigenvalue weighted by Gasteiger charge is -2.34. The quantitative estimate of drug-likeness (QED) is 0.524. The molecule has 2 aliphatic rings. The van der Waals surface area contributed by atoms with Crippen molar-refractivity contribution in [3.8, 4) is 5.75 Å². The van der Waals surface area contributed by atoms with Gasteiger partial charge in [0.1, 0.15) is 5.75 Å². The lowest BCUT2D eigenvalue weighted by atomic mass is 9.92. The number of aliphatic carboxylic acids is 2. The van der Waals surface area contributed by atoms with Crippen LogP contribution in [-0.4, -0.2) is 77.2 Å². The van der Waals surface area contributed by atoms with Crippen LogP contribution in [0.4, 0.5) is 0 Å². The number of likely N-dealkylation sites (tertiary alicyclic amines) is 2. The lowest BCUT2D eigenvalue weighted by molar-refractivity contribution is -0.159. The molecule has 2 atom stereocenters. The van der Waals surface area contributed by atoms with Gasteiger partial charge in [0.2, 0.25) is 0 Å². The number of carbonyl (C=O) groups excluding carboxylic acids is 1. The Hall–Kier alpha value is -2.61. The second-order valence-electron chi connectivity index (χ2n) is 8.54. The summed E-state index contributed by atoms with van der Waals surface area (Å²) in [7, 11) is 0. The van der Waals surface area contributed by atoms with Gasteiger partial charge in [-0.05, 0) is 61.8 Å². The minimum atomic E-state index is -1.82. The zero-order valence-corrected chi connectivity index (χ0v) is 18.5. The Morgan fingerprint density at radius 1 is 0.968 bits per heavy atom. The van der Waals surface area contributed by atoms with E-state index in [2.05, 4.69) is 18.7 Å². The molecule has 0 radical (unpaired) electrons. The van der Waals surface area contributed by atoms with Gasteiger partial charge < -0.3 is 24.7 Å². The molecule has 0 aliphatic carbocycles. The second kappa shape index (κ2) is 12.3. The van der Waals surface area contributed by atoms with E-state index >= 15 is 0 Å². The maximum Gasteiger partial charge on any atom is 0.414 e. The van der Waals surface area contributed by atoms with Crippen molar-refractivity contribution in [2.24, 2.45) is 11.8 Å². The fraction of sp³-hybridized carbons (Fsp3) is 0.609. The molecule has 0 unspecified atom stereocenters. The average molecular weight is 435 g/mol. The van der Waals surface area contributed by atoms with Crippen LogP contribution < -0.4 is 4.74 Å². The highest BCUT2D eigenvalue weighted by atomic mass is 16.5. The Balaban J connectivity index is 0.000000501. The molecule has 0 aromatic heterocycles. The molecule has 0 saturated carbocycles. The van der Waals surface area contributed by atoms with E-state index in [1.165, 1.54) is 19.5 Å². The summed E-state index contributed by atoms with van der Waals surface area (Å²) in [6.45, 7) is 10.8. The number of benzene rings is 1. The number of amides is 1. The first-order valence-electron chi connectivity index (χ1n) is 11.0. The van der Waals surface area contributed by atoms with Crippen LogP contribution in [0.25, 0.3) is 0 Å². The Bertz CT molecular complexity index is 708. The number of ether oxygens (including phenoxy) is 1. The molecule has 1 aromatic rings. The van der Waals surface area contributed by atoms with Crippen molar-refractivity contribution in [1.29, 1.82) is 0 Å². The van der Waals surface area contributed by atoms with E-state index in [9.17, 15) is 4.79 Å². The molecule has 1 aromatic carbocycles. The maximum absolute atomic E-state index is 12.3. The van der Waals surface area contributed by atoms with Crippen LogP contribution in [0.2, 0.25) is 0 Å². The lowest BCUT2D eigenvalue weighted by Crippen LogP contribution is -2.39. The second-order valence-corrected chi connectivity index (χ2v) is 8.54. The van der Waals surface area contributed by atoms with E-state index in [1.54, 1.807) is 0 Å². The number of hydrogen-bond donors (Lipinski definition) is 2. The summed E-state index contributed by atoms with van der Waals surface area (Å²) in [5.41, 5.74) is 0.769. The minimum Gasteiger partial charge on any atom is -0.494 e. The summed E-state index contributed by atoms with van der Waals surface area (Å²) >= 11 is 0. The number of rotatable bonds is 6. The molecular weight excluding hydrogens is 400 g/mol. The molecule has 3 rings (SSSR count). The third-order valence-corrected chi connectivity index (χ3v) is 5.51. The molecule has 172 valence electrons. The normalized spacial score (nSPS) is 21.2. The van der Waals surface area contributed by atoms with Gasteiger partial charge in [0.15, 0.2) is 0 Å². The minimum absolute atomic E-state index is 0.150. The molecule has 0 spiro atoms. The number of carboxylic acids is 2. The van der Waals surface area contributed by atoms with Crippen LogP contribution in [0.5, 0.6) is 5.75 Å². The number of piperidine rings is 1. The van der Waals surface area contributed by atoms with E-state index < -0.39 is 11.9 Å². The van der Waals surface area contributed by atoms with Crippen LogP contribution in [0, 0.1) is 11.8 Å². The zero-order chi connectivity index (χ0) is 22.8. The summed E-state index contributed by atoms with van der Waals surface area (Å²) < 4.78 is 5.86. The molecule has 31 heavy (non-hydrogen) atoms. The van der Waals surface area contributed by atoms with E-state index in [0.717, 1.165) is 68.7 Å². The summed E-state index contributed by atoms with van der Waals surface area (Å²) in [5, 5.41) is 14.8. The molecule has 2 saturated heterocycles. The largest absolute Gasteiger partial charge is 0.494 e. The van der Waals surface area contributed by atoms with Crippen LogP contribution in [-0.2, 0) is 9.59 Å². The van der Waals surface area contributed by atoms with E-state index in [0.29, 0.717) is 0 Å². The van der Waals surface area contributed by atoms with Crippen molar-refractivity contribution >= 4 is 17.8 Å². The topological polar surface area (TPSA) is 107 Å². The summed E-state index contributed by atoms with van der Waals surface area (Å²) in [6, 6.07) is 7.64. The maximum atomic E-state index is 12.3. The van der Waals surface area contributed by atoms with E-state index in [-0.39, 0.29) is 5.91 Å². The van der Waals surface area contributed by atoms with E-state index in [4.69, 9.17) is 24.5 Å². The van der Waals surface area contributed by atoms with Crippen LogP contribution in [0.15, 0.2) is 24.3 Å². The molecule has 8 nitrogen and oxygen atoms in total. The Labute approximate surface area is 183 Å². The average Bonchev–Trinajstić information content (AvgIpc) is 3.26. The fourth-order valence-electron chi connectivity index (χ4n) is 4.25. The third kappa shape index (κ3) is 8.57. The van der Waals surface area contributed by atoms with Crippen LogP contribution >= 0.6 is 0 Å². The van der Waals surface area contributed by atoms with Crippen LogP contribution in [0.3, 0.4) is 0 Å². The molecule has 0 bridgehead atoms. The van der Waals surface area contributed by atoms with Crippen molar-refractivity contribution < 1.29 is 29.3 Å². The first-order valence-corrected chi connectivity index (χ1v) is 11.0. The van der Waals surface area contributed by atoms with Crippen LogP contribution in [0.1, 0.15) is 49.9 Å². The van der Waals surface area contributed by atoms with Gasteiger partial charge in [0.05, 0.1) is 6.61 Å². The molecular formula is C23H34N2O6. The zero-order valence-electron chi connectivity index (χ0n) is 18.5. The fourth-order valence-corrected chi connectivity index (χ4v) is 4.25. The van der Waals surface area contributed by atoms with Gasteiger partial charge in [-0.15, -0.1) is 0 Å².